The number of carboxylic acids is 1. The maximum Gasteiger partial charge on any atom is 0.364 e. The maximum absolute atomic E-state index is 10.5. The van der Waals surface area contributed by atoms with Crippen LogP contribution < -0.4 is 0 Å². The molecule has 0 radical (unpaired) electrons. The van der Waals surface area contributed by atoms with Gasteiger partial charge in [0.2, 0.25) is 0 Å². The summed E-state index contributed by atoms with van der Waals surface area (Å²) in [5.41, 5.74) is 0. The molecule has 1 aliphatic rings. The van der Waals surface area contributed by atoms with Crippen LogP contribution in [0.2, 0.25) is 0 Å². The first-order valence-corrected chi connectivity index (χ1v) is 4.01. The molecule has 1 saturated heterocycles. The fraction of sp³-hybridized carbons (Fsp3) is 0.857. The number of carboxylic acid groups (broad SMARTS) is 1. The molecule has 0 aliphatic carbocycles. The predicted molar refractivity (Wildman–Crippen MR) is 41.2 cm³/mol. The second-order valence-corrected chi connectivity index (χ2v) is 3.19. The van der Waals surface area contributed by atoms with E-state index in [2.05, 4.69) is 4.74 Å². The van der Waals surface area contributed by atoms with Gasteiger partial charge in [-0.3, -0.25) is 0 Å². The van der Waals surface area contributed by atoms with Crippen molar-refractivity contribution in [3.05, 3.63) is 0 Å². The first-order chi connectivity index (χ1) is 6.40. The van der Waals surface area contributed by atoms with Gasteiger partial charge in [-0.15, -0.1) is 0 Å². The highest BCUT2D eigenvalue weighted by Crippen LogP contribution is 2.27. The van der Waals surface area contributed by atoms with Crippen LogP contribution in [0, 0.1) is 0 Å². The first kappa shape index (κ1) is 11.3. The molecule has 1 rings (SSSR count). The van der Waals surface area contributed by atoms with Crippen molar-refractivity contribution >= 4 is 5.97 Å². The van der Waals surface area contributed by atoms with E-state index in [0.717, 1.165) is 0 Å². The Bertz CT molecular complexity index is 230. The maximum atomic E-state index is 10.5. The Balaban J connectivity index is 2.81. The SMILES string of the molecule is O=C(O)C1(O)C[C@@H](O)[C@@H](O)[C@@H](CO)O1. The van der Waals surface area contributed by atoms with Crippen LogP contribution in [0.1, 0.15) is 6.42 Å². The van der Waals surface area contributed by atoms with Gasteiger partial charge in [-0.25, -0.2) is 4.79 Å². The molecule has 7 nitrogen and oxygen atoms in total. The fourth-order valence-electron chi connectivity index (χ4n) is 1.30. The highest BCUT2D eigenvalue weighted by atomic mass is 16.7. The van der Waals surface area contributed by atoms with Gasteiger partial charge in [-0.2, -0.15) is 0 Å². The van der Waals surface area contributed by atoms with Crippen molar-refractivity contribution in [1.82, 2.24) is 0 Å². The Hall–Kier alpha value is -0.730. The van der Waals surface area contributed by atoms with E-state index in [1.165, 1.54) is 0 Å². The molecule has 0 spiro atoms. The smallest absolute Gasteiger partial charge is 0.364 e. The van der Waals surface area contributed by atoms with Crippen LogP contribution in [0.25, 0.3) is 0 Å². The summed E-state index contributed by atoms with van der Waals surface area (Å²) < 4.78 is 4.56. The molecule has 0 bridgehead atoms. The minimum absolute atomic E-state index is 0.639. The highest BCUT2D eigenvalue weighted by Gasteiger charge is 2.50. The van der Waals surface area contributed by atoms with Crippen molar-refractivity contribution < 1.29 is 35.1 Å². The van der Waals surface area contributed by atoms with Crippen LogP contribution in [-0.2, 0) is 9.53 Å². The zero-order valence-corrected chi connectivity index (χ0v) is 7.20. The van der Waals surface area contributed by atoms with Crippen LogP contribution >= 0.6 is 0 Å². The highest BCUT2D eigenvalue weighted by molar-refractivity contribution is 5.75. The number of aliphatic hydroxyl groups is 4. The van der Waals surface area contributed by atoms with Gasteiger partial charge in [0.15, 0.2) is 0 Å². The van der Waals surface area contributed by atoms with Crippen molar-refractivity contribution in [2.24, 2.45) is 0 Å². The van der Waals surface area contributed by atoms with Gasteiger partial charge in [0.25, 0.3) is 5.79 Å². The number of hydrogen-bond acceptors (Lipinski definition) is 6. The lowest BCUT2D eigenvalue weighted by atomic mass is 9.96. The molecule has 82 valence electrons. The van der Waals surface area contributed by atoms with Crippen molar-refractivity contribution in [3.63, 3.8) is 0 Å². The quantitative estimate of drug-likeness (QED) is 0.333. The number of hydrogen-bond donors (Lipinski definition) is 5. The van der Waals surface area contributed by atoms with E-state index < -0.39 is 43.1 Å². The zero-order chi connectivity index (χ0) is 10.9. The minimum atomic E-state index is -2.55. The third-order valence-corrected chi connectivity index (χ3v) is 2.12. The van der Waals surface area contributed by atoms with Crippen LogP contribution in [0.15, 0.2) is 0 Å². The monoisotopic (exact) mass is 208 g/mol. The average Bonchev–Trinajstić information content (AvgIpc) is 2.11. The van der Waals surface area contributed by atoms with E-state index in [0.29, 0.717) is 0 Å². The summed E-state index contributed by atoms with van der Waals surface area (Å²) in [7, 11) is 0. The van der Waals surface area contributed by atoms with Crippen molar-refractivity contribution in [2.75, 3.05) is 6.61 Å². The number of aliphatic hydroxyl groups excluding tert-OH is 3. The molecule has 5 N–H and O–H groups in total. The largest absolute Gasteiger partial charge is 0.477 e. The lowest BCUT2D eigenvalue weighted by Crippen LogP contribution is -2.59. The van der Waals surface area contributed by atoms with Gasteiger partial charge in [-0.05, 0) is 0 Å². The lowest BCUT2D eigenvalue weighted by Gasteiger charge is -2.39. The molecule has 0 aromatic carbocycles. The molecule has 0 aromatic rings. The van der Waals surface area contributed by atoms with Gasteiger partial charge in [0.1, 0.15) is 12.2 Å². The summed E-state index contributed by atoms with van der Waals surface area (Å²) in [6.45, 7) is -0.687. The topological polar surface area (TPSA) is 127 Å². The van der Waals surface area contributed by atoms with Crippen LogP contribution in [-0.4, -0.2) is 62.2 Å². The molecule has 1 unspecified atom stereocenters. The Morgan fingerprint density at radius 3 is 2.50 bits per heavy atom. The minimum Gasteiger partial charge on any atom is -0.477 e. The Morgan fingerprint density at radius 2 is 2.07 bits per heavy atom. The number of ether oxygens (including phenoxy) is 1. The van der Waals surface area contributed by atoms with Gasteiger partial charge in [0, 0.05) is 6.42 Å². The van der Waals surface area contributed by atoms with E-state index in [9.17, 15) is 20.1 Å². The Kier molecular flexibility index (Phi) is 3.07. The third-order valence-electron chi connectivity index (χ3n) is 2.12. The summed E-state index contributed by atoms with van der Waals surface area (Å²) in [6, 6.07) is 0. The zero-order valence-electron chi connectivity index (χ0n) is 7.20. The van der Waals surface area contributed by atoms with E-state index in [4.69, 9.17) is 10.2 Å². The van der Waals surface area contributed by atoms with Crippen molar-refractivity contribution in [3.8, 4) is 0 Å². The Labute approximate surface area is 79.2 Å². The van der Waals surface area contributed by atoms with Crippen molar-refractivity contribution in [1.29, 1.82) is 0 Å². The van der Waals surface area contributed by atoms with E-state index >= 15 is 0 Å². The van der Waals surface area contributed by atoms with Gasteiger partial charge in [0.05, 0.1) is 12.7 Å². The first-order valence-electron chi connectivity index (χ1n) is 4.01. The van der Waals surface area contributed by atoms with E-state index in [1.807, 2.05) is 0 Å². The molecule has 1 heterocycles. The van der Waals surface area contributed by atoms with Gasteiger partial charge >= 0.3 is 5.97 Å². The summed E-state index contributed by atoms with van der Waals surface area (Å²) in [5.74, 6) is -4.21. The molecule has 7 heteroatoms. The molecule has 1 fully saturated rings. The average molecular weight is 208 g/mol. The van der Waals surface area contributed by atoms with Crippen molar-refractivity contribution in [2.45, 2.75) is 30.5 Å². The molecule has 0 amide bonds. The number of aliphatic carboxylic acids is 1. The lowest BCUT2D eigenvalue weighted by molar-refractivity contribution is -0.298. The predicted octanol–water partition coefficient (Wildman–Crippen LogP) is -2.74. The molecule has 14 heavy (non-hydrogen) atoms. The van der Waals surface area contributed by atoms with Crippen LogP contribution in [0.3, 0.4) is 0 Å². The molecular formula is C7H12O7. The summed E-state index contributed by atoms with van der Waals surface area (Å²) in [5, 5.41) is 45.0. The molecule has 0 aromatic heterocycles. The molecule has 0 saturated carbocycles. The normalized spacial score (nSPS) is 43.6. The van der Waals surface area contributed by atoms with Crippen LogP contribution in [0.5, 0.6) is 0 Å². The number of carbonyl (C=O) groups is 1. The van der Waals surface area contributed by atoms with Gasteiger partial charge in [-0.1, -0.05) is 0 Å². The third kappa shape index (κ3) is 1.86. The second-order valence-electron chi connectivity index (χ2n) is 3.19. The summed E-state index contributed by atoms with van der Waals surface area (Å²) in [4.78, 5) is 10.5. The molecule has 1 aliphatic heterocycles. The second kappa shape index (κ2) is 3.79. The van der Waals surface area contributed by atoms with E-state index in [-0.39, 0.29) is 0 Å². The summed E-state index contributed by atoms with van der Waals surface area (Å²) in [6.07, 6.45) is -4.79. The van der Waals surface area contributed by atoms with Gasteiger partial charge < -0.3 is 30.3 Å². The summed E-state index contributed by atoms with van der Waals surface area (Å²) >= 11 is 0. The number of rotatable bonds is 2. The Morgan fingerprint density at radius 1 is 1.50 bits per heavy atom. The van der Waals surface area contributed by atoms with Crippen LogP contribution in [0.4, 0.5) is 0 Å². The fourth-order valence-corrected chi connectivity index (χ4v) is 1.30. The van der Waals surface area contributed by atoms with E-state index in [1.54, 1.807) is 0 Å². The molecular weight excluding hydrogens is 196 g/mol. The standard InChI is InChI=1S/C7H12O7/c8-2-4-5(10)3(9)1-7(13,14-4)6(11)12/h3-5,8-10,13H,1-2H2,(H,11,12)/t3-,4-,5-,7?/m1/s1. The molecule has 4 atom stereocenters.